The monoisotopic (exact) mass is 375 g/mol. The summed E-state index contributed by atoms with van der Waals surface area (Å²) in [5, 5.41) is 0. The van der Waals surface area contributed by atoms with Gasteiger partial charge in [-0.3, -0.25) is 0 Å². The Labute approximate surface area is 146 Å². The van der Waals surface area contributed by atoms with Gasteiger partial charge in [-0.2, -0.15) is 0 Å². The van der Waals surface area contributed by atoms with Gasteiger partial charge in [-0.1, -0.05) is 30.3 Å². The van der Waals surface area contributed by atoms with Crippen molar-refractivity contribution in [2.75, 3.05) is 20.4 Å². The number of halogens is 1. The maximum atomic E-state index is 5.59. The zero-order chi connectivity index (χ0) is 14.9. The van der Waals surface area contributed by atoms with E-state index in [4.69, 9.17) is 14.2 Å². The fraction of sp³-hybridized carbons (Fsp3) is 0.278. The van der Waals surface area contributed by atoms with Crippen molar-refractivity contribution in [1.82, 2.24) is 0 Å². The largest absolute Gasteiger partial charge is 1.00 e. The Kier molecular flexibility index (Phi) is 4.57. The van der Waals surface area contributed by atoms with Crippen LogP contribution in [-0.2, 0) is 13.0 Å². The minimum absolute atomic E-state index is 0. The number of rotatable bonds is 3. The summed E-state index contributed by atoms with van der Waals surface area (Å²) in [6, 6.07) is 12.6. The number of nitrogens with zero attached hydrogens (tertiary/aromatic N) is 1. The molecule has 0 aliphatic carbocycles. The Morgan fingerprint density at radius 2 is 2.00 bits per heavy atom. The zero-order valence-corrected chi connectivity index (χ0v) is 14.5. The molecule has 120 valence electrons. The molecule has 0 atom stereocenters. The van der Waals surface area contributed by atoms with Gasteiger partial charge in [-0.25, -0.2) is 4.58 Å². The quantitative estimate of drug-likeness (QED) is 0.685. The first-order valence-electron chi connectivity index (χ1n) is 7.47. The van der Waals surface area contributed by atoms with Crippen LogP contribution in [0.5, 0.6) is 17.2 Å². The van der Waals surface area contributed by atoms with Gasteiger partial charge in [0.1, 0.15) is 6.54 Å². The standard InChI is InChI=1S/C18H18NO3.BrH/c1-20-17-15-11-19(10-13-5-3-2-4-6-13)8-7-14(15)9-16-18(17)22-12-21-16;/h2-6,9,11H,7-8,10,12H2,1H3;1H/q+1;/p-1. The van der Waals surface area contributed by atoms with Crippen LogP contribution in [0.4, 0.5) is 0 Å². The van der Waals surface area contributed by atoms with E-state index in [1.54, 1.807) is 7.11 Å². The van der Waals surface area contributed by atoms with Gasteiger partial charge in [0.05, 0.1) is 12.7 Å². The van der Waals surface area contributed by atoms with Crippen molar-refractivity contribution in [3.8, 4) is 17.2 Å². The van der Waals surface area contributed by atoms with Gasteiger partial charge in [0.25, 0.3) is 0 Å². The Hall–Kier alpha value is -2.01. The van der Waals surface area contributed by atoms with Crippen LogP contribution in [0.25, 0.3) is 0 Å². The Morgan fingerprint density at radius 3 is 2.78 bits per heavy atom. The molecule has 0 saturated carbocycles. The molecule has 0 fully saturated rings. The number of fused-ring (bicyclic) bond motifs is 2. The van der Waals surface area contributed by atoms with Gasteiger partial charge in [-0.05, 0) is 11.6 Å². The molecule has 0 N–H and O–H groups in total. The van der Waals surface area contributed by atoms with Crippen molar-refractivity contribution < 1.29 is 35.8 Å². The third-order valence-corrected chi connectivity index (χ3v) is 4.16. The van der Waals surface area contributed by atoms with Crippen LogP contribution in [-0.4, -0.2) is 31.2 Å². The lowest BCUT2D eigenvalue weighted by Gasteiger charge is -2.16. The highest BCUT2D eigenvalue weighted by Gasteiger charge is 2.28. The summed E-state index contributed by atoms with van der Waals surface area (Å²) in [4.78, 5) is 0. The number of ether oxygens (including phenoxy) is 3. The van der Waals surface area contributed by atoms with Crippen molar-refractivity contribution in [3.05, 3.63) is 53.1 Å². The lowest BCUT2D eigenvalue weighted by Crippen LogP contribution is -3.00. The lowest BCUT2D eigenvalue weighted by atomic mass is 9.99. The van der Waals surface area contributed by atoms with Gasteiger partial charge < -0.3 is 31.2 Å². The molecule has 0 aromatic heterocycles. The second-order valence-electron chi connectivity index (χ2n) is 5.55. The van der Waals surface area contributed by atoms with Crippen LogP contribution in [0.15, 0.2) is 36.4 Å². The van der Waals surface area contributed by atoms with E-state index >= 15 is 0 Å². The van der Waals surface area contributed by atoms with E-state index in [0.29, 0.717) is 0 Å². The average molecular weight is 376 g/mol. The van der Waals surface area contributed by atoms with Crippen LogP contribution >= 0.6 is 0 Å². The second-order valence-corrected chi connectivity index (χ2v) is 5.55. The van der Waals surface area contributed by atoms with E-state index in [0.717, 1.165) is 42.3 Å². The summed E-state index contributed by atoms with van der Waals surface area (Å²) in [6.07, 6.45) is 3.15. The summed E-state index contributed by atoms with van der Waals surface area (Å²) in [7, 11) is 1.68. The molecule has 0 bridgehead atoms. The minimum Gasteiger partial charge on any atom is -1.00 e. The minimum atomic E-state index is 0. The second kappa shape index (κ2) is 6.62. The highest BCUT2D eigenvalue weighted by atomic mass is 79.9. The number of hydrogen-bond acceptors (Lipinski definition) is 3. The summed E-state index contributed by atoms with van der Waals surface area (Å²) in [5.41, 5.74) is 3.67. The zero-order valence-electron chi connectivity index (χ0n) is 12.9. The molecule has 0 saturated heterocycles. The lowest BCUT2D eigenvalue weighted by molar-refractivity contribution is -0.540. The fourth-order valence-corrected chi connectivity index (χ4v) is 3.08. The van der Waals surface area contributed by atoms with Crippen molar-refractivity contribution in [2.24, 2.45) is 0 Å². The maximum absolute atomic E-state index is 5.59. The van der Waals surface area contributed by atoms with E-state index in [-0.39, 0.29) is 23.8 Å². The van der Waals surface area contributed by atoms with Crippen molar-refractivity contribution in [3.63, 3.8) is 0 Å². The van der Waals surface area contributed by atoms with Crippen LogP contribution in [0.2, 0.25) is 0 Å². The molecule has 2 aromatic rings. The van der Waals surface area contributed by atoms with Crippen molar-refractivity contribution in [2.45, 2.75) is 13.0 Å². The molecule has 2 aliphatic heterocycles. The predicted octanol–water partition coefficient (Wildman–Crippen LogP) is -0.384. The third-order valence-electron chi connectivity index (χ3n) is 4.16. The molecular weight excluding hydrogens is 358 g/mol. The van der Waals surface area contributed by atoms with E-state index < -0.39 is 0 Å². The fourth-order valence-electron chi connectivity index (χ4n) is 3.08. The van der Waals surface area contributed by atoms with Gasteiger partial charge >= 0.3 is 0 Å². The smallest absolute Gasteiger partial charge is 0.231 e. The van der Waals surface area contributed by atoms with E-state index in [1.165, 1.54) is 11.1 Å². The molecule has 2 aliphatic rings. The van der Waals surface area contributed by atoms with E-state index in [9.17, 15) is 0 Å². The molecule has 0 spiro atoms. The molecule has 0 amide bonds. The van der Waals surface area contributed by atoms with Gasteiger partial charge in [0.15, 0.2) is 24.3 Å². The maximum Gasteiger partial charge on any atom is 0.231 e. The van der Waals surface area contributed by atoms with Crippen LogP contribution in [0.1, 0.15) is 16.7 Å². The van der Waals surface area contributed by atoms with Crippen LogP contribution in [0, 0.1) is 0 Å². The molecule has 4 nitrogen and oxygen atoms in total. The predicted molar refractivity (Wildman–Crippen MR) is 83.3 cm³/mol. The summed E-state index contributed by atoms with van der Waals surface area (Å²) in [5.74, 6) is 2.29. The molecule has 2 aromatic carbocycles. The SMILES string of the molecule is COc1c2c(cc3c1OCO3)CC[N+](Cc1ccccc1)=C2.[Br-]. The van der Waals surface area contributed by atoms with Crippen LogP contribution < -0.4 is 31.2 Å². The molecular formula is C18H18BrNO3. The average Bonchev–Trinajstić information content (AvgIpc) is 3.01. The molecule has 0 radical (unpaired) electrons. The highest BCUT2D eigenvalue weighted by molar-refractivity contribution is 5.86. The van der Waals surface area contributed by atoms with Gasteiger partial charge in [0.2, 0.25) is 12.5 Å². The first-order chi connectivity index (χ1) is 10.8. The van der Waals surface area contributed by atoms with E-state index in [1.807, 2.05) is 6.07 Å². The molecule has 2 heterocycles. The molecule has 0 unspecified atom stereocenters. The summed E-state index contributed by atoms with van der Waals surface area (Å²) >= 11 is 0. The number of methoxy groups -OCH3 is 1. The van der Waals surface area contributed by atoms with E-state index in [2.05, 4.69) is 41.1 Å². The Balaban J connectivity index is 0.00000156. The van der Waals surface area contributed by atoms with Crippen molar-refractivity contribution >= 4 is 6.21 Å². The summed E-state index contributed by atoms with van der Waals surface area (Å²) < 4.78 is 19.0. The molecule has 4 rings (SSSR count). The topological polar surface area (TPSA) is 30.7 Å². The number of benzene rings is 2. The third kappa shape index (κ3) is 2.93. The Bertz CT molecular complexity index is 744. The number of hydrogen-bond donors (Lipinski definition) is 0. The first kappa shape index (κ1) is 15.9. The summed E-state index contributed by atoms with van der Waals surface area (Å²) in [6.45, 7) is 2.16. The Morgan fingerprint density at radius 1 is 1.17 bits per heavy atom. The highest BCUT2D eigenvalue weighted by Crippen LogP contribution is 2.45. The van der Waals surface area contributed by atoms with Crippen LogP contribution in [0.3, 0.4) is 0 Å². The van der Waals surface area contributed by atoms with Gasteiger partial charge in [0, 0.05) is 12.0 Å². The molecule has 23 heavy (non-hydrogen) atoms. The normalized spacial score (nSPS) is 14.6. The molecule has 5 heteroatoms. The first-order valence-corrected chi connectivity index (χ1v) is 7.47. The van der Waals surface area contributed by atoms with Gasteiger partial charge in [-0.15, -0.1) is 0 Å². The van der Waals surface area contributed by atoms with Crippen molar-refractivity contribution in [1.29, 1.82) is 0 Å².